The van der Waals surface area contributed by atoms with Crippen LogP contribution in [0.2, 0.25) is 0 Å². The summed E-state index contributed by atoms with van der Waals surface area (Å²) in [7, 11) is -3.75. The van der Waals surface area contributed by atoms with E-state index in [-0.39, 0.29) is 22.8 Å². The van der Waals surface area contributed by atoms with Gasteiger partial charge in [0.1, 0.15) is 12.1 Å². The minimum absolute atomic E-state index is 0.0104. The first-order valence-corrected chi connectivity index (χ1v) is 10.3. The Balaban J connectivity index is 1.55. The van der Waals surface area contributed by atoms with E-state index in [1.807, 2.05) is 0 Å². The van der Waals surface area contributed by atoms with Gasteiger partial charge in [-0.1, -0.05) is 0 Å². The van der Waals surface area contributed by atoms with E-state index in [1.54, 1.807) is 18.2 Å². The van der Waals surface area contributed by atoms with Crippen molar-refractivity contribution in [2.24, 2.45) is 10.9 Å². The van der Waals surface area contributed by atoms with Crippen LogP contribution >= 0.6 is 0 Å². The third-order valence-corrected chi connectivity index (χ3v) is 5.40. The number of sulfonamides is 1. The fourth-order valence-electron chi connectivity index (χ4n) is 3.02. The number of hydrogen-bond acceptors (Lipinski definition) is 10. The number of anilines is 4. The SMILES string of the molecule is Nc1nc(Nc2ccc(S(N)(=O)=O)cc2)nn1-c1cc(N2CC[C@H](N)C2)ncn1. The predicted molar refractivity (Wildman–Crippen MR) is 107 cm³/mol. The van der Waals surface area contributed by atoms with Crippen LogP contribution in [0.25, 0.3) is 5.82 Å². The maximum Gasteiger partial charge on any atom is 0.248 e. The van der Waals surface area contributed by atoms with Crippen molar-refractivity contribution in [1.82, 2.24) is 24.7 Å². The second-order valence-corrected chi connectivity index (χ2v) is 8.19. The molecule has 29 heavy (non-hydrogen) atoms. The first kappa shape index (κ1) is 19.0. The molecule has 1 atom stereocenters. The normalized spacial score (nSPS) is 16.9. The third-order valence-electron chi connectivity index (χ3n) is 4.48. The third kappa shape index (κ3) is 4.11. The molecule has 0 unspecified atom stereocenters. The lowest BCUT2D eigenvalue weighted by Gasteiger charge is -2.16. The van der Waals surface area contributed by atoms with Crippen molar-refractivity contribution in [1.29, 1.82) is 0 Å². The number of nitrogen functional groups attached to an aromatic ring is 1. The Morgan fingerprint density at radius 2 is 1.86 bits per heavy atom. The van der Waals surface area contributed by atoms with Crippen molar-refractivity contribution in [2.45, 2.75) is 17.4 Å². The second-order valence-electron chi connectivity index (χ2n) is 6.63. The molecule has 2 aromatic heterocycles. The molecule has 1 saturated heterocycles. The van der Waals surface area contributed by atoms with Gasteiger partial charge in [-0.2, -0.15) is 9.67 Å². The van der Waals surface area contributed by atoms with E-state index in [0.717, 1.165) is 25.3 Å². The first-order valence-electron chi connectivity index (χ1n) is 8.75. The van der Waals surface area contributed by atoms with Crippen LogP contribution in [0, 0.1) is 0 Å². The minimum Gasteiger partial charge on any atom is -0.368 e. The van der Waals surface area contributed by atoms with Gasteiger partial charge in [0.2, 0.25) is 21.9 Å². The van der Waals surface area contributed by atoms with Gasteiger partial charge in [0, 0.05) is 30.9 Å². The highest BCUT2D eigenvalue weighted by atomic mass is 32.2. The zero-order valence-electron chi connectivity index (χ0n) is 15.3. The lowest BCUT2D eigenvalue weighted by molar-refractivity contribution is 0.598. The molecule has 0 amide bonds. The topological polar surface area (TPSA) is 184 Å². The van der Waals surface area contributed by atoms with Crippen molar-refractivity contribution < 1.29 is 8.42 Å². The zero-order chi connectivity index (χ0) is 20.6. The van der Waals surface area contributed by atoms with E-state index >= 15 is 0 Å². The van der Waals surface area contributed by atoms with Crippen LogP contribution in [0.4, 0.5) is 23.4 Å². The molecule has 12 nitrogen and oxygen atoms in total. The molecule has 3 aromatic rings. The number of rotatable bonds is 5. The molecule has 0 radical (unpaired) electrons. The Kier molecular flexibility index (Phi) is 4.77. The molecule has 13 heteroatoms. The quantitative estimate of drug-likeness (QED) is 0.425. The molecule has 1 aliphatic rings. The predicted octanol–water partition coefficient (Wildman–Crippen LogP) is -0.432. The number of benzene rings is 1. The van der Waals surface area contributed by atoms with Crippen molar-refractivity contribution in [2.75, 3.05) is 29.0 Å². The van der Waals surface area contributed by atoms with Crippen LogP contribution in [0.5, 0.6) is 0 Å². The van der Waals surface area contributed by atoms with Gasteiger partial charge in [-0.05, 0) is 30.7 Å². The summed E-state index contributed by atoms with van der Waals surface area (Å²) in [5.74, 6) is 1.58. The van der Waals surface area contributed by atoms with E-state index in [0.29, 0.717) is 11.5 Å². The number of aromatic nitrogens is 5. The number of nitrogens with one attached hydrogen (secondary N) is 1. The molecule has 0 spiro atoms. The standard InChI is InChI=1S/C16H20N10O2S/c17-10-5-6-25(8-10)13-7-14(21-9-20-13)26-15(18)23-16(24-26)22-11-1-3-12(4-2-11)29(19,27)28/h1-4,7,9-10H,5-6,8,17H2,(H2,19,27,28)(H3,18,22,23,24)/t10-/m0/s1. The average molecular weight is 416 g/mol. The van der Waals surface area contributed by atoms with Crippen LogP contribution in [0.1, 0.15) is 6.42 Å². The molecule has 1 aliphatic heterocycles. The molecular weight excluding hydrogens is 396 g/mol. The molecule has 3 heterocycles. The molecule has 1 fully saturated rings. The molecule has 0 bridgehead atoms. The maximum atomic E-state index is 11.3. The van der Waals surface area contributed by atoms with Gasteiger partial charge in [-0.15, -0.1) is 5.10 Å². The van der Waals surface area contributed by atoms with Crippen LogP contribution in [-0.2, 0) is 10.0 Å². The summed E-state index contributed by atoms with van der Waals surface area (Å²) in [4.78, 5) is 14.8. The van der Waals surface area contributed by atoms with Gasteiger partial charge < -0.3 is 21.7 Å². The summed E-state index contributed by atoms with van der Waals surface area (Å²) in [5, 5.41) is 12.4. The molecular formula is C16H20N10O2S. The zero-order valence-corrected chi connectivity index (χ0v) is 16.1. The Labute approximate surface area is 166 Å². The second kappa shape index (κ2) is 7.27. The molecule has 152 valence electrons. The number of primary sulfonamides is 1. The highest BCUT2D eigenvalue weighted by Crippen LogP contribution is 2.21. The first-order chi connectivity index (χ1) is 13.8. The van der Waals surface area contributed by atoms with E-state index in [9.17, 15) is 8.42 Å². The number of nitrogens with zero attached hydrogens (tertiary/aromatic N) is 6. The lowest BCUT2D eigenvalue weighted by atomic mass is 10.3. The van der Waals surface area contributed by atoms with Crippen LogP contribution in [0.15, 0.2) is 41.6 Å². The molecule has 1 aromatic carbocycles. The Morgan fingerprint density at radius 1 is 1.14 bits per heavy atom. The fourth-order valence-corrected chi connectivity index (χ4v) is 3.54. The van der Waals surface area contributed by atoms with Gasteiger partial charge in [-0.3, -0.25) is 0 Å². The van der Waals surface area contributed by atoms with Crippen molar-refractivity contribution in [3.63, 3.8) is 0 Å². The maximum absolute atomic E-state index is 11.3. The highest BCUT2D eigenvalue weighted by molar-refractivity contribution is 7.89. The highest BCUT2D eigenvalue weighted by Gasteiger charge is 2.21. The van der Waals surface area contributed by atoms with E-state index in [2.05, 4.69) is 30.3 Å². The van der Waals surface area contributed by atoms with Crippen LogP contribution < -0.4 is 26.8 Å². The fraction of sp³-hybridized carbons (Fsp3) is 0.250. The molecule has 0 saturated carbocycles. The molecule has 0 aliphatic carbocycles. The smallest absolute Gasteiger partial charge is 0.248 e. The number of nitrogens with two attached hydrogens (primary N) is 3. The van der Waals surface area contributed by atoms with Crippen molar-refractivity contribution in [3.05, 3.63) is 36.7 Å². The summed E-state index contributed by atoms with van der Waals surface area (Å²) in [6.45, 7) is 1.55. The lowest BCUT2D eigenvalue weighted by Crippen LogP contribution is -2.27. The summed E-state index contributed by atoms with van der Waals surface area (Å²) >= 11 is 0. The summed E-state index contributed by atoms with van der Waals surface area (Å²) in [6, 6.07) is 7.77. The Morgan fingerprint density at radius 3 is 2.52 bits per heavy atom. The van der Waals surface area contributed by atoms with E-state index in [4.69, 9.17) is 16.6 Å². The van der Waals surface area contributed by atoms with Gasteiger partial charge >= 0.3 is 0 Å². The van der Waals surface area contributed by atoms with Crippen LogP contribution in [0.3, 0.4) is 0 Å². The molecule has 7 N–H and O–H groups in total. The van der Waals surface area contributed by atoms with Gasteiger partial charge in [-0.25, -0.2) is 23.5 Å². The largest absolute Gasteiger partial charge is 0.368 e. The average Bonchev–Trinajstić information content (AvgIpc) is 3.27. The van der Waals surface area contributed by atoms with Gasteiger partial charge in [0.25, 0.3) is 0 Å². The van der Waals surface area contributed by atoms with E-state index in [1.165, 1.54) is 23.1 Å². The van der Waals surface area contributed by atoms with E-state index < -0.39 is 10.0 Å². The van der Waals surface area contributed by atoms with Gasteiger partial charge in [0.05, 0.1) is 4.90 Å². The Bertz CT molecular complexity index is 1130. The van der Waals surface area contributed by atoms with Crippen molar-refractivity contribution in [3.8, 4) is 5.82 Å². The monoisotopic (exact) mass is 416 g/mol. The summed E-state index contributed by atoms with van der Waals surface area (Å²) < 4.78 is 24.1. The Hall–Kier alpha value is -3.29. The van der Waals surface area contributed by atoms with Crippen LogP contribution in [-0.4, -0.2) is 52.3 Å². The minimum atomic E-state index is -3.75. The summed E-state index contributed by atoms with van der Waals surface area (Å²) in [5.41, 5.74) is 12.5. The van der Waals surface area contributed by atoms with Gasteiger partial charge in [0.15, 0.2) is 5.82 Å². The number of hydrogen-bond donors (Lipinski definition) is 4. The summed E-state index contributed by atoms with van der Waals surface area (Å²) in [6.07, 6.45) is 2.35. The van der Waals surface area contributed by atoms with Crippen molar-refractivity contribution >= 4 is 33.4 Å². The molecule has 4 rings (SSSR count).